The molecule has 1 fully saturated rings. The van der Waals surface area contributed by atoms with Gasteiger partial charge in [-0.25, -0.2) is 0 Å². The second-order valence-electron chi connectivity index (χ2n) is 7.25. The van der Waals surface area contributed by atoms with Gasteiger partial charge in [0.1, 0.15) is 11.9 Å². The third-order valence-electron chi connectivity index (χ3n) is 5.11. The first-order valence-electron chi connectivity index (χ1n) is 9.93. The van der Waals surface area contributed by atoms with E-state index in [0.717, 1.165) is 38.5 Å². The van der Waals surface area contributed by atoms with Crippen LogP contribution in [0.5, 0.6) is 0 Å². The molecule has 0 heterocycles. The smallest absolute Gasteiger partial charge is 0.305 e. The van der Waals surface area contributed by atoms with Crippen molar-refractivity contribution in [3.8, 4) is 11.8 Å². The molecule has 4 heteroatoms. The van der Waals surface area contributed by atoms with Crippen molar-refractivity contribution in [1.29, 1.82) is 0 Å². The average molecular weight is 363 g/mol. The van der Waals surface area contributed by atoms with E-state index in [1.807, 2.05) is 19.1 Å². The molecule has 0 aromatic heterocycles. The zero-order chi connectivity index (χ0) is 19.4. The number of ether oxygens (including phenoxy) is 1. The highest BCUT2D eigenvalue weighted by Crippen LogP contribution is 2.31. The van der Waals surface area contributed by atoms with Gasteiger partial charge >= 0.3 is 5.97 Å². The Labute approximate surface area is 158 Å². The topological polar surface area (TPSA) is 63.6 Å². The van der Waals surface area contributed by atoms with Crippen LogP contribution in [0.1, 0.15) is 71.6 Å². The molecule has 0 bridgehead atoms. The number of hydrogen-bond acceptors (Lipinski definition) is 4. The van der Waals surface area contributed by atoms with Crippen molar-refractivity contribution in [2.75, 3.05) is 7.11 Å². The van der Waals surface area contributed by atoms with Crippen LogP contribution in [0.25, 0.3) is 0 Å². The molecule has 0 aromatic rings. The van der Waals surface area contributed by atoms with Gasteiger partial charge in [0.05, 0.1) is 7.11 Å². The predicted octanol–water partition coefficient (Wildman–Crippen LogP) is 4.06. The van der Waals surface area contributed by atoms with Crippen molar-refractivity contribution in [3.63, 3.8) is 0 Å². The minimum atomic E-state index is -0.605. The number of methoxy groups -OCH3 is 1. The Balaban J connectivity index is 2.45. The molecule has 26 heavy (non-hydrogen) atoms. The summed E-state index contributed by atoms with van der Waals surface area (Å²) >= 11 is 0. The molecule has 146 valence electrons. The van der Waals surface area contributed by atoms with E-state index >= 15 is 0 Å². The second kappa shape index (κ2) is 12.7. The number of Topliss-reactive ketones (excluding diaryl/α,β-unsaturated/α-hetero) is 1. The van der Waals surface area contributed by atoms with Gasteiger partial charge in [-0.05, 0) is 38.0 Å². The number of rotatable bonds is 10. The molecule has 1 aliphatic rings. The van der Waals surface area contributed by atoms with E-state index in [9.17, 15) is 14.7 Å². The minimum Gasteiger partial charge on any atom is -0.469 e. The maximum Gasteiger partial charge on any atom is 0.305 e. The molecular weight excluding hydrogens is 328 g/mol. The summed E-state index contributed by atoms with van der Waals surface area (Å²) in [7, 11) is 1.40. The summed E-state index contributed by atoms with van der Waals surface area (Å²) in [5.41, 5.74) is 0. The van der Waals surface area contributed by atoms with Crippen molar-refractivity contribution in [3.05, 3.63) is 12.2 Å². The van der Waals surface area contributed by atoms with Crippen LogP contribution in [0.15, 0.2) is 12.2 Å². The molecule has 1 N–H and O–H groups in total. The fourth-order valence-electron chi connectivity index (χ4n) is 3.22. The van der Waals surface area contributed by atoms with Crippen LogP contribution in [0.2, 0.25) is 0 Å². The molecule has 0 radical (unpaired) electrons. The van der Waals surface area contributed by atoms with E-state index in [4.69, 9.17) is 0 Å². The first-order valence-corrected chi connectivity index (χ1v) is 9.93. The van der Waals surface area contributed by atoms with Gasteiger partial charge in [-0.15, -0.1) is 0 Å². The maximum absolute atomic E-state index is 12.1. The highest BCUT2D eigenvalue weighted by Gasteiger charge is 2.32. The molecule has 0 saturated heterocycles. The van der Waals surface area contributed by atoms with Crippen LogP contribution in [0.4, 0.5) is 0 Å². The first-order chi connectivity index (χ1) is 12.5. The van der Waals surface area contributed by atoms with Gasteiger partial charge in [-0.1, -0.05) is 50.7 Å². The quantitative estimate of drug-likeness (QED) is 0.275. The van der Waals surface area contributed by atoms with Crippen LogP contribution in [-0.4, -0.2) is 30.1 Å². The van der Waals surface area contributed by atoms with Crippen molar-refractivity contribution in [2.45, 2.75) is 77.7 Å². The van der Waals surface area contributed by atoms with Gasteiger partial charge in [0.25, 0.3) is 0 Å². The van der Waals surface area contributed by atoms with E-state index in [1.165, 1.54) is 7.11 Å². The van der Waals surface area contributed by atoms with E-state index in [0.29, 0.717) is 19.3 Å². The van der Waals surface area contributed by atoms with Gasteiger partial charge < -0.3 is 9.84 Å². The third kappa shape index (κ3) is 8.19. The number of carbonyl (C=O) groups excluding carboxylic acids is 2. The zero-order valence-corrected chi connectivity index (χ0v) is 16.5. The average Bonchev–Trinajstić information content (AvgIpc) is 2.99. The molecule has 1 saturated carbocycles. The lowest BCUT2D eigenvalue weighted by Gasteiger charge is -2.14. The van der Waals surface area contributed by atoms with Crippen LogP contribution in [0, 0.1) is 29.6 Å². The summed E-state index contributed by atoms with van der Waals surface area (Å²) in [4.78, 5) is 23.2. The number of esters is 1. The summed E-state index contributed by atoms with van der Waals surface area (Å²) in [6.45, 7) is 4.17. The number of carbonyl (C=O) groups is 2. The number of aliphatic hydroxyl groups excluding tert-OH is 1. The molecule has 4 atom stereocenters. The Morgan fingerprint density at radius 2 is 2.15 bits per heavy atom. The summed E-state index contributed by atoms with van der Waals surface area (Å²) in [6.07, 6.45) is 10.7. The lowest BCUT2D eigenvalue weighted by atomic mass is 9.91. The minimum absolute atomic E-state index is 0.0512. The van der Waals surface area contributed by atoms with Crippen LogP contribution >= 0.6 is 0 Å². The van der Waals surface area contributed by atoms with Crippen molar-refractivity contribution in [2.24, 2.45) is 17.8 Å². The van der Waals surface area contributed by atoms with Crippen molar-refractivity contribution in [1.82, 2.24) is 0 Å². The molecule has 0 spiro atoms. The van der Waals surface area contributed by atoms with Gasteiger partial charge in [-0.2, -0.15) is 0 Å². The molecule has 1 aliphatic carbocycles. The van der Waals surface area contributed by atoms with Crippen molar-refractivity contribution < 1.29 is 19.4 Å². The summed E-state index contributed by atoms with van der Waals surface area (Å²) in [6, 6.07) is 0. The molecule has 1 rings (SSSR count). The van der Waals surface area contributed by atoms with E-state index in [1.54, 1.807) is 0 Å². The van der Waals surface area contributed by atoms with Gasteiger partial charge in [0.2, 0.25) is 0 Å². The van der Waals surface area contributed by atoms with Gasteiger partial charge in [-0.3, -0.25) is 9.59 Å². The number of unbranched alkanes of at least 4 members (excludes halogenated alkanes) is 2. The number of hydrogen-bond donors (Lipinski definition) is 1. The first kappa shape index (κ1) is 22.4. The molecule has 0 aromatic carbocycles. The Bertz CT molecular complexity index is 526. The SMILES string of the molecule is CCCCC(C)C(O)C#CC1CCC(=O)C1C/C=C/CCCC(=O)OC. The second-order valence-corrected chi connectivity index (χ2v) is 7.25. The molecule has 0 amide bonds. The third-order valence-corrected chi connectivity index (χ3v) is 5.11. The van der Waals surface area contributed by atoms with Crippen molar-refractivity contribution >= 4 is 11.8 Å². The van der Waals surface area contributed by atoms with E-state index in [2.05, 4.69) is 23.5 Å². The number of ketones is 1. The molecule has 4 unspecified atom stereocenters. The largest absolute Gasteiger partial charge is 0.469 e. The number of allylic oxidation sites excluding steroid dienone is 2. The van der Waals surface area contributed by atoms with E-state index < -0.39 is 6.10 Å². The summed E-state index contributed by atoms with van der Waals surface area (Å²) < 4.78 is 4.61. The summed E-state index contributed by atoms with van der Waals surface area (Å²) in [5, 5.41) is 10.2. The molecule has 0 aliphatic heterocycles. The Hall–Kier alpha value is -1.60. The normalized spacial score (nSPS) is 22.1. The summed E-state index contributed by atoms with van der Waals surface area (Å²) in [5.74, 6) is 6.42. The predicted molar refractivity (Wildman–Crippen MR) is 103 cm³/mol. The molecular formula is C22H34O4. The van der Waals surface area contributed by atoms with Crippen LogP contribution < -0.4 is 0 Å². The van der Waals surface area contributed by atoms with Crippen LogP contribution in [0.3, 0.4) is 0 Å². The Morgan fingerprint density at radius 1 is 1.38 bits per heavy atom. The lowest BCUT2D eigenvalue weighted by Crippen LogP contribution is -2.17. The fourth-order valence-corrected chi connectivity index (χ4v) is 3.22. The number of aliphatic hydroxyl groups is 1. The zero-order valence-electron chi connectivity index (χ0n) is 16.5. The standard InChI is InChI=1S/C22H34O4/c1-4-5-10-17(2)20(23)15-13-18-14-16-21(24)19(18)11-8-6-7-9-12-22(25)26-3/h6,8,17-20,23H,4-5,7,9-12,14,16H2,1-3H3/b8-6+. The van der Waals surface area contributed by atoms with Gasteiger partial charge in [0.15, 0.2) is 0 Å². The highest BCUT2D eigenvalue weighted by atomic mass is 16.5. The monoisotopic (exact) mass is 362 g/mol. The fraction of sp³-hybridized carbons (Fsp3) is 0.727. The molecule has 4 nitrogen and oxygen atoms in total. The van der Waals surface area contributed by atoms with Gasteiger partial charge in [0, 0.05) is 24.7 Å². The maximum atomic E-state index is 12.1. The highest BCUT2D eigenvalue weighted by molar-refractivity contribution is 5.84. The van der Waals surface area contributed by atoms with E-state index in [-0.39, 0.29) is 29.5 Å². The van der Waals surface area contributed by atoms with Crippen LogP contribution in [-0.2, 0) is 14.3 Å². The Kier molecular flexibility index (Phi) is 11.0. The lowest BCUT2D eigenvalue weighted by molar-refractivity contribution is -0.140. The Morgan fingerprint density at radius 3 is 2.85 bits per heavy atom.